The number of benzene rings is 1. The van der Waals surface area contributed by atoms with Crippen LogP contribution >= 0.6 is 0 Å². The molecule has 0 aliphatic rings. The van der Waals surface area contributed by atoms with Crippen molar-refractivity contribution in [2.24, 2.45) is 5.92 Å². The van der Waals surface area contributed by atoms with Crippen LogP contribution in [0, 0.1) is 5.92 Å². The summed E-state index contributed by atoms with van der Waals surface area (Å²) in [6.45, 7) is 5.67. The molecule has 0 bridgehead atoms. The van der Waals surface area contributed by atoms with Crippen LogP contribution in [0.4, 0.5) is 0 Å². The fourth-order valence-electron chi connectivity index (χ4n) is 1.90. The van der Waals surface area contributed by atoms with Gasteiger partial charge >= 0.3 is 0 Å². The average Bonchev–Trinajstić information content (AvgIpc) is 2.42. The summed E-state index contributed by atoms with van der Waals surface area (Å²) in [5, 5.41) is 3.07. The van der Waals surface area contributed by atoms with Gasteiger partial charge in [0.25, 0.3) is 0 Å². The maximum Gasteiger partial charge on any atom is 0.240 e. The second-order valence-electron chi connectivity index (χ2n) is 5.43. The highest BCUT2D eigenvalue weighted by Crippen LogP contribution is 2.11. The van der Waals surface area contributed by atoms with Crippen LogP contribution in [-0.4, -0.2) is 28.6 Å². The third-order valence-corrected chi connectivity index (χ3v) is 4.62. The van der Waals surface area contributed by atoms with Crippen LogP contribution in [0.25, 0.3) is 0 Å². The molecule has 114 valence electrons. The van der Waals surface area contributed by atoms with Crippen LogP contribution in [0.1, 0.15) is 32.3 Å². The van der Waals surface area contributed by atoms with Crippen LogP contribution in [0.5, 0.6) is 0 Å². The lowest BCUT2D eigenvalue weighted by Gasteiger charge is -2.08. The second kappa shape index (κ2) is 8.39. The Balaban J connectivity index is 2.54. The average molecular weight is 298 g/mol. The van der Waals surface area contributed by atoms with Gasteiger partial charge in [0.1, 0.15) is 0 Å². The minimum absolute atomic E-state index is 0.343. The molecule has 0 saturated heterocycles. The minimum atomic E-state index is -3.36. The summed E-state index contributed by atoms with van der Waals surface area (Å²) in [5.41, 5.74) is 1.14. The quantitative estimate of drug-likeness (QED) is 0.687. The van der Waals surface area contributed by atoms with Gasteiger partial charge in [-0.15, -0.1) is 0 Å². The number of rotatable bonds is 9. The van der Waals surface area contributed by atoms with Crippen LogP contribution < -0.4 is 10.0 Å². The molecular formula is C15H26N2O2S. The Morgan fingerprint density at radius 3 is 2.30 bits per heavy atom. The Morgan fingerprint density at radius 1 is 1.10 bits per heavy atom. The van der Waals surface area contributed by atoms with Gasteiger partial charge in [-0.05, 0) is 56.5 Å². The third-order valence-electron chi connectivity index (χ3n) is 3.15. The monoisotopic (exact) mass is 298 g/mol. The Bertz CT molecular complexity index is 481. The predicted octanol–water partition coefficient (Wildman–Crippen LogP) is 2.16. The molecule has 5 heteroatoms. The van der Waals surface area contributed by atoms with Crippen molar-refractivity contribution < 1.29 is 8.42 Å². The first-order valence-corrected chi connectivity index (χ1v) is 8.67. The van der Waals surface area contributed by atoms with E-state index in [2.05, 4.69) is 23.9 Å². The van der Waals surface area contributed by atoms with Gasteiger partial charge in [-0.2, -0.15) is 0 Å². The van der Waals surface area contributed by atoms with E-state index >= 15 is 0 Å². The van der Waals surface area contributed by atoms with E-state index in [9.17, 15) is 8.42 Å². The highest BCUT2D eigenvalue weighted by Gasteiger charge is 2.12. The zero-order valence-corrected chi connectivity index (χ0v) is 13.5. The Kier molecular flexibility index (Phi) is 7.19. The third kappa shape index (κ3) is 6.03. The lowest BCUT2D eigenvalue weighted by Crippen LogP contribution is -2.25. The summed E-state index contributed by atoms with van der Waals surface area (Å²) >= 11 is 0. The number of sulfonamides is 1. The normalized spacial score (nSPS) is 12.0. The van der Waals surface area contributed by atoms with Crippen molar-refractivity contribution in [3.05, 3.63) is 29.8 Å². The molecule has 0 saturated carbocycles. The molecule has 0 spiro atoms. The van der Waals surface area contributed by atoms with Crippen LogP contribution in [0.3, 0.4) is 0 Å². The molecule has 1 aromatic carbocycles. The molecule has 1 rings (SSSR count). The molecule has 0 unspecified atom stereocenters. The Morgan fingerprint density at radius 2 is 1.75 bits per heavy atom. The molecule has 0 aromatic heterocycles. The highest BCUT2D eigenvalue weighted by molar-refractivity contribution is 7.89. The van der Waals surface area contributed by atoms with E-state index < -0.39 is 10.0 Å². The highest BCUT2D eigenvalue weighted by atomic mass is 32.2. The molecule has 0 radical (unpaired) electrons. The first-order chi connectivity index (χ1) is 9.45. The lowest BCUT2D eigenvalue weighted by molar-refractivity contribution is 0.540. The smallest absolute Gasteiger partial charge is 0.240 e. The molecule has 20 heavy (non-hydrogen) atoms. The van der Waals surface area contributed by atoms with Gasteiger partial charge in [0.15, 0.2) is 0 Å². The van der Waals surface area contributed by atoms with Gasteiger partial charge in [-0.1, -0.05) is 26.0 Å². The van der Waals surface area contributed by atoms with Gasteiger partial charge < -0.3 is 5.32 Å². The van der Waals surface area contributed by atoms with E-state index in [0.717, 1.165) is 31.4 Å². The van der Waals surface area contributed by atoms with Gasteiger partial charge in [-0.3, -0.25) is 0 Å². The lowest BCUT2D eigenvalue weighted by atomic mass is 10.1. The van der Waals surface area contributed by atoms with Crippen molar-refractivity contribution in [3.63, 3.8) is 0 Å². The zero-order valence-electron chi connectivity index (χ0n) is 12.6. The number of hydrogen-bond acceptors (Lipinski definition) is 3. The summed E-state index contributed by atoms with van der Waals surface area (Å²) in [6.07, 6.45) is 2.81. The topological polar surface area (TPSA) is 58.2 Å². The Hall–Kier alpha value is -0.910. The van der Waals surface area contributed by atoms with E-state index in [4.69, 9.17) is 0 Å². The van der Waals surface area contributed by atoms with Crippen molar-refractivity contribution in [1.29, 1.82) is 0 Å². The van der Waals surface area contributed by atoms with E-state index in [0.29, 0.717) is 17.4 Å². The van der Waals surface area contributed by atoms with Gasteiger partial charge in [-0.25, -0.2) is 13.1 Å². The number of nitrogens with one attached hydrogen (secondary N) is 2. The van der Waals surface area contributed by atoms with Crippen molar-refractivity contribution in [1.82, 2.24) is 10.0 Å². The maximum atomic E-state index is 12.1. The standard InChI is InChI=1S/C15H26N2O2S/c1-13(2)5-4-11-17-20(18,19)15-8-6-14(7-9-15)10-12-16-3/h6-9,13,16-17H,4-5,10-12H2,1-3H3. The van der Waals surface area contributed by atoms with Crippen LogP contribution in [-0.2, 0) is 16.4 Å². The van der Waals surface area contributed by atoms with Crippen LogP contribution in [0.15, 0.2) is 29.2 Å². The van der Waals surface area contributed by atoms with E-state index in [1.165, 1.54) is 0 Å². The minimum Gasteiger partial charge on any atom is -0.319 e. The molecule has 2 N–H and O–H groups in total. The van der Waals surface area contributed by atoms with Crippen molar-refractivity contribution in [3.8, 4) is 0 Å². The predicted molar refractivity (Wildman–Crippen MR) is 83.3 cm³/mol. The summed E-state index contributed by atoms with van der Waals surface area (Å²) in [7, 11) is -1.46. The fraction of sp³-hybridized carbons (Fsp3) is 0.600. The molecule has 0 atom stereocenters. The summed E-state index contributed by atoms with van der Waals surface area (Å²) in [6, 6.07) is 7.10. The van der Waals surface area contributed by atoms with Crippen molar-refractivity contribution in [2.45, 2.75) is 38.0 Å². The first kappa shape index (κ1) is 17.1. The van der Waals surface area contributed by atoms with Crippen LogP contribution in [0.2, 0.25) is 0 Å². The van der Waals surface area contributed by atoms with Gasteiger partial charge in [0.05, 0.1) is 4.90 Å². The molecule has 0 fully saturated rings. The summed E-state index contributed by atoms with van der Waals surface area (Å²) in [4.78, 5) is 0.343. The molecule has 1 aromatic rings. The molecule has 0 aliphatic carbocycles. The molecular weight excluding hydrogens is 272 g/mol. The molecule has 4 nitrogen and oxygen atoms in total. The fourth-order valence-corrected chi connectivity index (χ4v) is 2.98. The van der Waals surface area contributed by atoms with Crippen molar-refractivity contribution in [2.75, 3.05) is 20.1 Å². The largest absolute Gasteiger partial charge is 0.319 e. The first-order valence-electron chi connectivity index (χ1n) is 7.19. The SMILES string of the molecule is CNCCc1ccc(S(=O)(=O)NCCCC(C)C)cc1. The van der Waals surface area contributed by atoms with E-state index in [1.54, 1.807) is 12.1 Å². The van der Waals surface area contributed by atoms with E-state index in [-0.39, 0.29) is 0 Å². The number of likely N-dealkylation sites (N-methyl/N-ethyl adjacent to an activating group) is 1. The second-order valence-corrected chi connectivity index (χ2v) is 7.20. The summed E-state index contributed by atoms with van der Waals surface area (Å²) in [5.74, 6) is 0.603. The van der Waals surface area contributed by atoms with Crippen molar-refractivity contribution >= 4 is 10.0 Å². The molecule has 0 aliphatic heterocycles. The van der Waals surface area contributed by atoms with Gasteiger partial charge in [0, 0.05) is 6.54 Å². The molecule has 0 amide bonds. The van der Waals surface area contributed by atoms with E-state index in [1.807, 2.05) is 19.2 Å². The Labute approximate surface area is 123 Å². The van der Waals surface area contributed by atoms with Gasteiger partial charge in [0.2, 0.25) is 10.0 Å². The maximum absolute atomic E-state index is 12.1. The number of hydrogen-bond donors (Lipinski definition) is 2. The summed E-state index contributed by atoms with van der Waals surface area (Å²) < 4.78 is 26.8. The molecule has 0 heterocycles. The zero-order chi connectivity index (χ0) is 15.0.